The van der Waals surface area contributed by atoms with Gasteiger partial charge < -0.3 is 0 Å². The van der Waals surface area contributed by atoms with E-state index in [1.807, 2.05) is 25.3 Å². The van der Waals surface area contributed by atoms with Crippen molar-refractivity contribution in [3.8, 4) is 5.69 Å². The Balaban J connectivity index is 2.00. The Morgan fingerprint density at radius 3 is 2.74 bits per heavy atom. The van der Waals surface area contributed by atoms with E-state index in [1.165, 1.54) is 22.8 Å². The Bertz CT molecular complexity index is 1240. The number of thiazole rings is 1. The number of hydrogen-bond acceptors (Lipinski definition) is 5. The minimum Gasteiger partial charge on any atom is -0.268 e. The van der Waals surface area contributed by atoms with Crippen molar-refractivity contribution in [2.75, 3.05) is 0 Å². The zero-order valence-corrected chi connectivity index (χ0v) is 15.5. The third kappa shape index (κ3) is 3.29. The molecule has 3 heterocycles. The Morgan fingerprint density at radius 1 is 1.15 bits per heavy atom. The second-order valence-corrected chi connectivity index (χ2v) is 7.07. The van der Waals surface area contributed by atoms with Gasteiger partial charge in [-0.1, -0.05) is 0 Å². The maximum absolute atomic E-state index is 13.7. The van der Waals surface area contributed by atoms with Gasteiger partial charge in [0.2, 0.25) is 0 Å². The molecule has 0 N–H and O–H groups in total. The fourth-order valence-corrected chi connectivity index (χ4v) is 3.43. The van der Waals surface area contributed by atoms with Crippen LogP contribution in [0.2, 0.25) is 0 Å². The number of nitrogens with zero attached hydrogens (tertiary/aromatic N) is 4. The van der Waals surface area contributed by atoms with Crippen molar-refractivity contribution >= 4 is 34.4 Å². The molecule has 0 unspecified atom stereocenters. The molecule has 0 saturated heterocycles. The molecule has 7 heteroatoms. The van der Waals surface area contributed by atoms with Gasteiger partial charge in [-0.3, -0.25) is 14.3 Å². The van der Waals surface area contributed by atoms with E-state index in [-0.39, 0.29) is 10.9 Å². The van der Waals surface area contributed by atoms with Crippen molar-refractivity contribution in [2.24, 2.45) is 0 Å². The summed E-state index contributed by atoms with van der Waals surface area (Å²) in [5, 5.41) is 3.11. The number of benzene rings is 1. The highest BCUT2D eigenvalue weighted by molar-refractivity contribution is 7.09. The van der Waals surface area contributed by atoms with E-state index in [0.717, 1.165) is 10.7 Å². The van der Waals surface area contributed by atoms with Gasteiger partial charge >= 0.3 is 0 Å². The topological polar surface area (TPSA) is 60.7 Å². The molecule has 0 fully saturated rings. The van der Waals surface area contributed by atoms with Gasteiger partial charge in [0.25, 0.3) is 5.56 Å². The first-order valence-corrected chi connectivity index (χ1v) is 9.15. The maximum Gasteiger partial charge on any atom is 0.266 e. The molecule has 0 bridgehead atoms. The lowest BCUT2D eigenvalue weighted by Gasteiger charge is -2.13. The van der Waals surface area contributed by atoms with E-state index >= 15 is 0 Å². The molecule has 0 radical (unpaired) electrons. The largest absolute Gasteiger partial charge is 0.268 e. The monoisotopic (exact) mass is 378 g/mol. The highest BCUT2D eigenvalue weighted by Gasteiger charge is 2.14. The third-order valence-electron chi connectivity index (χ3n) is 4.12. The van der Waals surface area contributed by atoms with Gasteiger partial charge in [0.1, 0.15) is 11.6 Å². The predicted octanol–water partition coefficient (Wildman–Crippen LogP) is 4.16. The summed E-state index contributed by atoms with van der Waals surface area (Å²) in [6, 6.07) is 7.56. The normalized spacial score (nSPS) is 11.5. The lowest BCUT2D eigenvalue weighted by molar-refractivity contribution is 0.629. The number of aromatic nitrogens is 4. The number of halogens is 1. The number of fused-ring (bicyclic) bond motifs is 1. The van der Waals surface area contributed by atoms with Crippen molar-refractivity contribution in [1.82, 2.24) is 19.5 Å². The van der Waals surface area contributed by atoms with Crippen LogP contribution in [0.15, 0.2) is 46.7 Å². The summed E-state index contributed by atoms with van der Waals surface area (Å²) in [5.41, 5.74) is 2.17. The van der Waals surface area contributed by atoms with Crippen molar-refractivity contribution < 1.29 is 4.39 Å². The molecule has 4 aromatic rings. The van der Waals surface area contributed by atoms with Gasteiger partial charge in [-0.15, -0.1) is 11.3 Å². The minimum absolute atomic E-state index is 0.222. The molecule has 3 aromatic heterocycles. The SMILES string of the molecule is Cc1nc(/C=C/c2nc3ccc(F)cc3c(=O)n2-c2cccnc2C)cs1. The van der Waals surface area contributed by atoms with Crippen molar-refractivity contribution in [3.05, 3.63) is 80.3 Å². The molecule has 0 aliphatic carbocycles. The number of pyridine rings is 1. The van der Waals surface area contributed by atoms with Crippen molar-refractivity contribution in [1.29, 1.82) is 0 Å². The van der Waals surface area contributed by atoms with Gasteiger partial charge in [0.05, 0.1) is 33.0 Å². The molecule has 4 rings (SSSR count). The first-order valence-electron chi connectivity index (χ1n) is 8.27. The molecular weight excluding hydrogens is 363 g/mol. The van der Waals surface area contributed by atoms with Gasteiger partial charge in [-0.05, 0) is 56.3 Å². The third-order valence-corrected chi connectivity index (χ3v) is 4.91. The molecule has 0 aliphatic heterocycles. The van der Waals surface area contributed by atoms with Gasteiger partial charge in [-0.2, -0.15) is 0 Å². The Kier molecular flexibility index (Phi) is 4.37. The van der Waals surface area contributed by atoms with Crippen LogP contribution in [0.1, 0.15) is 22.2 Å². The van der Waals surface area contributed by atoms with Crippen LogP contribution in [0, 0.1) is 19.7 Å². The lowest BCUT2D eigenvalue weighted by atomic mass is 10.2. The molecule has 0 amide bonds. The molecule has 0 aliphatic rings. The number of aryl methyl sites for hydroxylation is 2. The molecule has 0 saturated carbocycles. The van der Waals surface area contributed by atoms with Crippen LogP contribution in [0.5, 0.6) is 0 Å². The fraction of sp³-hybridized carbons (Fsp3) is 0.100. The molecule has 5 nitrogen and oxygen atoms in total. The van der Waals surface area contributed by atoms with Crippen molar-refractivity contribution in [2.45, 2.75) is 13.8 Å². The van der Waals surface area contributed by atoms with E-state index in [4.69, 9.17) is 0 Å². The average molecular weight is 378 g/mol. The lowest BCUT2D eigenvalue weighted by Crippen LogP contribution is -2.23. The molecule has 0 atom stereocenters. The molecular formula is C20H15FN4OS. The standard InChI is InChI=1S/C20H15FN4OS/c1-12-18(4-3-9-22-12)25-19(8-6-15-11-27-13(2)23-15)24-17-7-5-14(21)10-16(17)20(25)26/h3-11H,1-2H3/b8-6+. The van der Waals surface area contributed by atoms with Crippen LogP contribution >= 0.6 is 11.3 Å². The second kappa shape index (κ2) is 6.85. The molecule has 27 heavy (non-hydrogen) atoms. The average Bonchev–Trinajstić information content (AvgIpc) is 3.07. The molecule has 1 aromatic carbocycles. The summed E-state index contributed by atoms with van der Waals surface area (Å²) in [6.07, 6.45) is 5.21. The predicted molar refractivity (Wildman–Crippen MR) is 106 cm³/mol. The van der Waals surface area contributed by atoms with Crippen LogP contribution in [0.4, 0.5) is 4.39 Å². The van der Waals surface area contributed by atoms with E-state index < -0.39 is 5.82 Å². The van der Waals surface area contributed by atoms with Gasteiger partial charge in [0, 0.05) is 11.6 Å². The minimum atomic E-state index is -0.475. The van der Waals surface area contributed by atoms with E-state index in [9.17, 15) is 9.18 Å². The quantitative estimate of drug-likeness (QED) is 0.537. The summed E-state index contributed by atoms with van der Waals surface area (Å²) >= 11 is 1.55. The van der Waals surface area contributed by atoms with Crippen LogP contribution < -0.4 is 5.56 Å². The summed E-state index contributed by atoms with van der Waals surface area (Å²) in [7, 11) is 0. The van der Waals surface area contributed by atoms with Crippen LogP contribution in [-0.2, 0) is 0 Å². The summed E-state index contributed by atoms with van der Waals surface area (Å²) < 4.78 is 15.2. The zero-order valence-electron chi connectivity index (χ0n) is 14.7. The maximum atomic E-state index is 13.7. The fourth-order valence-electron chi connectivity index (χ4n) is 2.85. The highest BCUT2D eigenvalue weighted by atomic mass is 32.1. The number of hydrogen-bond donors (Lipinski definition) is 0. The summed E-state index contributed by atoms with van der Waals surface area (Å²) in [4.78, 5) is 26.4. The highest BCUT2D eigenvalue weighted by Crippen LogP contribution is 2.18. The first-order chi connectivity index (χ1) is 13.0. The number of rotatable bonds is 3. The zero-order chi connectivity index (χ0) is 19.0. The molecule has 134 valence electrons. The Labute approximate surface area is 158 Å². The van der Waals surface area contributed by atoms with Gasteiger partial charge in [-0.25, -0.2) is 14.4 Å². The first kappa shape index (κ1) is 17.2. The van der Waals surface area contributed by atoms with Crippen LogP contribution in [-0.4, -0.2) is 19.5 Å². The van der Waals surface area contributed by atoms with Gasteiger partial charge in [0.15, 0.2) is 0 Å². The van der Waals surface area contributed by atoms with E-state index in [1.54, 1.807) is 35.7 Å². The van der Waals surface area contributed by atoms with Crippen LogP contribution in [0.25, 0.3) is 28.7 Å². The van der Waals surface area contributed by atoms with Crippen LogP contribution in [0.3, 0.4) is 0 Å². The van der Waals surface area contributed by atoms with E-state index in [0.29, 0.717) is 22.7 Å². The molecule has 0 spiro atoms. The van der Waals surface area contributed by atoms with Crippen molar-refractivity contribution in [3.63, 3.8) is 0 Å². The summed E-state index contributed by atoms with van der Waals surface area (Å²) in [5.74, 6) is -0.0436. The summed E-state index contributed by atoms with van der Waals surface area (Å²) in [6.45, 7) is 3.74. The Hall–Kier alpha value is -3.19. The Morgan fingerprint density at radius 2 is 2.00 bits per heavy atom. The van der Waals surface area contributed by atoms with E-state index in [2.05, 4.69) is 15.0 Å². The second-order valence-electron chi connectivity index (χ2n) is 6.00. The smallest absolute Gasteiger partial charge is 0.266 e.